The average molecular weight is 315 g/mol. The standard InChI is InChI=1S/C17H18FN3O2/c1-10-8-21-9-12(5-6-15(21)19-10)20-17(22)14-7-11-3-2-4-13(18)16(11)23-14/h2-4,8,12,14H,5-7,9H2,1H3,(H,20,22)/t12-,14+/m0/s1. The first-order valence-corrected chi connectivity index (χ1v) is 7.87. The second-order valence-electron chi connectivity index (χ2n) is 6.23. The van der Waals surface area contributed by atoms with E-state index in [1.807, 2.05) is 13.1 Å². The lowest BCUT2D eigenvalue weighted by molar-refractivity contribution is -0.128. The molecule has 0 saturated heterocycles. The van der Waals surface area contributed by atoms with Gasteiger partial charge in [0.25, 0.3) is 5.91 Å². The molecule has 0 spiro atoms. The van der Waals surface area contributed by atoms with Crippen LogP contribution in [0.25, 0.3) is 0 Å². The van der Waals surface area contributed by atoms with E-state index < -0.39 is 11.9 Å². The molecule has 1 N–H and O–H groups in total. The van der Waals surface area contributed by atoms with Crippen molar-refractivity contribution in [3.05, 3.63) is 47.3 Å². The third-order valence-electron chi connectivity index (χ3n) is 4.47. The quantitative estimate of drug-likeness (QED) is 0.919. The van der Waals surface area contributed by atoms with Crippen LogP contribution in [0.2, 0.25) is 0 Å². The molecule has 2 aliphatic heterocycles. The molecule has 1 aromatic carbocycles. The molecule has 2 aliphatic rings. The molecule has 4 rings (SSSR count). The van der Waals surface area contributed by atoms with Crippen molar-refractivity contribution in [2.45, 2.75) is 44.9 Å². The maximum absolute atomic E-state index is 13.7. The van der Waals surface area contributed by atoms with Gasteiger partial charge in [-0.3, -0.25) is 4.79 Å². The number of hydrogen-bond acceptors (Lipinski definition) is 3. The molecule has 0 saturated carbocycles. The highest BCUT2D eigenvalue weighted by Gasteiger charge is 2.32. The van der Waals surface area contributed by atoms with Crippen LogP contribution in [-0.2, 0) is 24.2 Å². The zero-order valence-electron chi connectivity index (χ0n) is 12.9. The van der Waals surface area contributed by atoms with Gasteiger partial charge in [0.1, 0.15) is 5.82 Å². The van der Waals surface area contributed by atoms with E-state index in [4.69, 9.17) is 4.74 Å². The predicted molar refractivity (Wildman–Crippen MR) is 81.7 cm³/mol. The third-order valence-corrected chi connectivity index (χ3v) is 4.47. The molecule has 0 aliphatic carbocycles. The fourth-order valence-corrected chi connectivity index (χ4v) is 3.37. The van der Waals surface area contributed by atoms with Gasteiger partial charge in [-0.05, 0) is 19.4 Å². The largest absolute Gasteiger partial charge is 0.477 e. The number of fused-ring (bicyclic) bond motifs is 2. The summed E-state index contributed by atoms with van der Waals surface area (Å²) in [5.74, 6) is 0.697. The number of carbonyl (C=O) groups excluding carboxylic acids is 1. The summed E-state index contributed by atoms with van der Waals surface area (Å²) >= 11 is 0. The van der Waals surface area contributed by atoms with Crippen molar-refractivity contribution in [1.29, 1.82) is 0 Å². The van der Waals surface area contributed by atoms with Crippen molar-refractivity contribution in [2.75, 3.05) is 0 Å². The van der Waals surface area contributed by atoms with Crippen molar-refractivity contribution in [3.8, 4) is 5.75 Å². The van der Waals surface area contributed by atoms with Gasteiger partial charge in [0, 0.05) is 37.2 Å². The number of rotatable bonds is 2. The Morgan fingerprint density at radius 3 is 3.17 bits per heavy atom. The van der Waals surface area contributed by atoms with E-state index in [1.165, 1.54) is 6.07 Å². The number of hydrogen-bond donors (Lipinski definition) is 1. The Labute approximate surface area is 133 Å². The summed E-state index contributed by atoms with van der Waals surface area (Å²) in [5, 5.41) is 3.03. The Hall–Kier alpha value is -2.37. The number of benzene rings is 1. The van der Waals surface area contributed by atoms with Gasteiger partial charge in [-0.15, -0.1) is 0 Å². The van der Waals surface area contributed by atoms with Crippen LogP contribution in [0.3, 0.4) is 0 Å². The molecular weight excluding hydrogens is 297 g/mol. The van der Waals surface area contributed by atoms with Crippen LogP contribution in [0, 0.1) is 12.7 Å². The summed E-state index contributed by atoms with van der Waals surface area (Å²) < 4.78 is 21.3. The molecule has 1 amide bonds. The molecule has 0 unspecified atom stereocenters. The Morgan fingerprint density at radius 2 is 2.35 bits per heavy atom. The minimum atomic E-state index is -0.646. The van der Waals surface area contributed by atoms with Gasteiger partial charge in [-0.2, -0.15) is 0 Å². The van der Waals surface area contributed by atoms with Crippen LogP contribution in [0.4, 0.5) is 4.39 Å². The maximum atomic E-state index is 13.7. The molecule has 5 nitrogen and oxygen atoms in total. The first-order chi connectivity index (χ1) is 11.1. The van der Waals surface area contributed by atoms with Crippen molar-refractivity contribution in [1.82, 2.24) is 14.9 Å². The number of amides is 1. The zero-order chi connectivity index (χ0) is 16.0. The summed E-state index contributed by atoms with van der Waals surface area (Å²) in [5.41, 5.74) is 1.75. The SMILES string of the molecule is Cc1cn2c(n1)CC[C@H](NC(=O)[C@H]1Cc3cccc(F)c3O1)C2. The fraction of sp³-hybridized carbons (Fsp3) is 0.412. The number of carbonyl (C=O) groups is 1. The lowest BCUT2D eigenvalue weighted by atomic mass is 10.1. The van der Waals surface area contributed by atoms with E-state index in [0.29, 0.717) is 6.42 Å². The summed E-state index contributed by atoms with van der Waals surface area (Å²) in [4.78, 5) is 16.9. The highest BCUT2D eigenvalue weighted by molar-refractivity contribution is 5.82. The minimum absolute atomic E-state index is 0.0563. The van der Waals surface area contributed by atoms with E-state index in [1.54, 1.807) is 12.1 Å². The number of ether oxygens (including phenoxy) is 1. The van der Waals surface area contributed by atoms with Gasteiger partial charge in [0.15, 0.2) is 17.7 Å². The summed E-state index contributed by atoms with van der Waals surface area (Å²) in [6.45, 7) is 2.69. The Bertz CT molecular complexity index is 771. The number of nitrogens with zero attached hydrogens (tertiary/aromatic N) is 2. The molecule has 0 fully saturated rings. The molecule has 0 bridgehead atoms. The van der Waals surface area contributed by atoms with Gasteiger partial charge in [-0.1, -0.05) is 12.1 Å². The second kappa shape index (κ2) is 5.37. The zero-order valence-corrected chi connectivity index (χ0v) is 12.9. The molecule has 120 valence electrons. The van der Waals surface area contributed by atoms with E-state index in [-0.39, 0.29) is 17.7 Å². The van der Waals surface area contributed by atoms with Gasteiger partial charge >= 0.3 is 0 Å². The summed E-state index contributed by atoms with van der Waals surface area (Å²) in [7, 11) is 0. The molecule has 6 heteroatoms. The smallest absolute Gasteiger partial charge is 0.261 e. The van der Waals surface area contributed by atoms with Crippen LogP contribution in [-0.4, -0.2) is 27.6 Å². The third kappa shape index (κ3) is 2.58. The molecular formula is C17H18FN3O2. The lowest BCUT2D eigenvalue weighted by Gasteiger charge is -2.25. The van der Waals surface area contributed by atoms with Crippen molar-refractivity contribution < 1.29 is 13.9 Å². The van der Waals surface area contributed by atoms with Crippen molar-refractivity contribution >= 4 is 5.91 Å². The molecule has 2 aromatic rings. The Morgan fingerprint density at radius 1 is 1.48 bits per heavy atom. The Balaban J connectivity index is 1.41. The van der Waals surface area contributed by atoms with Crippen LogP contribution in [0.1, 0.15) is 23.5 Å². The van der Waals surface area contributed by atoms with Gasteiger partial charge in [0.05, 0.1) is 5.69 Å². The molecule has 23 heavy (non-hydrogen) atoms. The van der Waals surface area contributed by atoms with E-state index >= 15 is 0 Å². The summed E-state index contributed by atoms with van der Waals surface area (Å²) in [6, 6.07) is 4.85. The fourth-order valence-electron chi connectivity index (χ4n) is 3.37. The molecule has 3 heterocycles. The van der Waals surface area contributed by atoms with Crippen LogP contribution >= 0.6 is 0 Å². The average Bonchev–Trinajstić information content (AvgIpc) is 3.10. The second-order valence-corrected chi connectivity index (χ2v) is 6.23. The normalized spacial score (nSPS) is 22.2. The highest BCUT2D eigenvalue weighted by atomic mass is 19.1. The number of aromatic nitrogens is 2. The first-order valence-electron chi connectivity index (χ1n) is 7.87. The predicted octanol–water partition coefficient (Wildman–Crippen LogP) is 1.77. The van der Waals surface area contributed by atoms with Crippen LogP contribution in [0.5, 0.6) is 5.75 Å². The first kappa shape index (κ1) is 14.2. The lowest BCUT2D eigenvalue weighted by Crippen LogP contribution is -2.46. The Kier molecular flexibility index (Phi) is 3.32. The molecule has 2 atom stereocenters. The van der Waals surface area contributed by atoms with Crippen molar-refractivity contribution in [2.24, 2.45) is 0 Å². The number of aryl methyl sites for hydroxylation is 2. The monoisotopic (exact) mass is 315 g/mol. The van der Waals surface area contributed by atoms with E-state index in [0.717, 1.165) is 36.5 Å². The van der Waals surface area contributed by atoms with Gasteiger partial charge < -0.3 is 14.6 Å². The van der Waals surface area contributed by atoms with E-state index in [2.05, 4.69) is 14.9 Å². The topological polar surface area (TPSA) is 56.2 Å². The number of para-hydroxylation sites is 1. The van der Waals surface area contributed by atoms with Crippen LogP contribution in [0.15, 0.2) is 24.4 Å². The molecule has 1 aromatic heterocycles. The minimum Gasteiger partial charge on any atom is -0.477 e. The molecule has 0 radical (unpaired) electrons. The summed E-state index contributed by atoms with van der Waals surface area (Å²) in [6.07, 6.45) is 3.48. The number of imidazole rings is 1. The highest BCUT2D eigenvalue weighted by Crippen LogP contribution is 2.31. The van der Waals surface area contributed by atoms with Gasteiger partial charge in [-0.25, -0.2) is 9.37 Å². The van der Waals surface area contributed by atoms with E-state index in [9.17, 15) is 9.18 Å². The van der Waals surface area contributed by atoms with Crippen LogP contribution < -0.4 is 10.1 Å². The maximum Gasteiger partial charge on any atom is 0.261 e. The number of halogens is 1. The van der Waals surface area contributed by atoms with Gasteiger partial charge in [0.2, 0.25) is 0 Å². The number of nitrogens with one attached hydrogen (secondary N) is 1. The van der Waals surface area contributed by atoms with Crippen molar-refractivity contribution in [3.63, 3.8) is 0 Å².